The zero-order valence-electron chi connectivity index (χ0n) is 17.1. The zero-order valence-corrected chi connectivity index (χ0v) is 17.9. The third-order valence-electron chi connectivity index (χ3n) is 5.54. The van der Waals surface area contributed by atoms with Crippen molar-refractivity contribution in [3.05, 3.63) is 77.1 Å². The number of carbonyl (C=O) groups excluding carboxylic acids is 1. The Labute approximate surface area is 178 Å². The SMILES string of the molecule is Cc1ccc(-n2ccnc2N2CCN(C(=O)c3ccc(C)c(C)c3)CC2)cc1.Cl. The number of nitrogens with zero attached hydrogens (tertiary/aromatic N) is 4. The van der Waals surface area contributed by atoms with Crippen molar-refractivity contribution < 1.29 is 4.79 Å². The van der Waals surface area contributed by atoms with E-state index in [1.165, 1.54) is 11.1 Å². The number of anilines is 1. The van der Waals surface area contributed by atoms with E-state index >= 15 is 0 Å². The molecule has 0 saturated carbocycles. The zero-order chi connectivity index (χ0) is 19.7. The van der Waals surface area contributed by atoms with Crippen LogP contribution in [0.15, 0.2) is 54.9 Å². The molecule has 0 unspecified atom stereocenters. The van der Waals surface area contributed by atoms with Crippen LogP contribution in [0.4, 0.5) is 5.95 Å². The Bertz CT molecular complexity index is 988. The molecule has 152 valence electrons. The predicted octanol–water partition coefficient (Wildman–Crippen LogP) is 4.18. The van der Waals surface area contributed by atoms with Crippen LogP contribution in [0.2, 0.25) is 0 Å². The van der Waals surface area contributed by atoms with E-state index < -0.39 is 0 Å². The molecule has 5 nitrogen and oxygen atoms in total. The Balaban J connectivity index is 0.00000240. The lowest BCUT2D eigenvalue weighted by atomic mass is 10.1. The first kappa shape index (κ1) is 20.9. The average Bonchev–Trinajstić information content (AvgIpc) is 3.20. The van der Waals surface area contributed by atoms with Crippen LogP contribution in [-0.2, 0) is 0 Å². The van der Waals surface area contributed by atoms with Gasteiger partial charge in [0.05, 0.1) is 0 Å². The molecule has 0 spiro atoms. The van der Waals surface area contributed by atoms with E-state index in [0.717, 1.165) is 35.9 Å². The van der Waals surface area contributed by atoms with Gasteiger partial charge in [-0.15, -0.1) is 12.4 Å². The third-order valence-corrected chi connectivity index (χ3v) is 5.54. The molecule has 1 amide bonds. The van der Waals surface area contributed by atoms with Gasteiger partial charge in [0, 0.05) is 49.8 Å². The van der Waals surface area contributed by atoms with Crippen molar-refractivity contribution >= 4 is 24.3 Å². The summed E-state index contributed by atoms with van der Waals surface area (Å²) in [5.41, 5.74) is 5.49. The van der Waals surface area contributed by atoms with E-state index in [2.05, 4.69) is 59.5 Å². The van der Waals surface area contributed by atoms with E-state index in [0.29, 0.717) is 13.1 Å². The molecule has 1 aromatic heterocycles. The van der Waals surface area contributed by atoms with E-state index in [1.54, 1.807) is 0 Å². The summed E-state index contributed by atoms with van der Waals surface area (Å²) in [5, 5.41) is 0. The molecule has 0 atom stereocenters. The van der Waals surface area contributed by atoms with Gasteiger partial charge in [0.1, 0.15) is 0 Å². The van der Waals surface area contributed by atoms with Crippen LogP contribution in [-0.4, -0.2) is 46.5 Å². The minimum Gasteiger partial charge on any atom is -0.338 e. The first-order valence-corrected chi connectivity index (χ1v) is 9.75. The van der Waals surface area contributed by atoms with Gasteiger partial charge in [0.15, 0.2) is 0 Å². The molecule has 0 radical (unpaired) electrons. The van der Waals surface area contributed by atoms with Crippen LogP contribution in [0.1, 0.15) is 27.0 Å². The number of hydrogen-bond acceptors (Lipinski definition) is 3. The lowest BCUT2D eigenvalue weighted by Gasteiger charge is -2.35. The minimum atomic E-state index is 0. The highest BCUT2D eigenvalue weighted by atomic mass is 35.5. The third kappa shape index (κ3) is 4.30. The van der Waals surface area contributed by atoms with Crippen molar-refractivity contribution in [3.63, 3.8) is 0 Å². The number of benzene rings is 2. The fraction of sp³-hybridized carbons (Fsp3) is 0.304. The quantitative estimate of drug-likeness (QED) is 0.650. The molecular weight excluding hydrogens is 384 g/mol. The second-order valence-corrected chi connectivity index (χ2v) is 7.51. The Morgan fingerprint density at radius 2 is 1.59 bits per heavy atom. The Kier molecular flexibility index (Phi) is 6.28. The molecule has 2 heterocycles. The Hall–Kier alpha value is -2.79. The second kappa shape index (κ2) is 8.70. The smallest absolute Gasteiger partial charge is 0.253 e. The van der Waals surface area contributed by atoms with Gasteiger partial charge < -0.3 is 9.80 Å². The summed E-state index contributed by atoms with van der Waals surface area (Å²) in [6.07, 6.45) is 3.83. The molecule has 1 saturated heterocycles. The van der Waals surface area contributed by atoms with Crippen LogP contribution in [0.3, 0.4) is 0 Å². The highest BCUT2D eigenvalue weighted by molar-refractivity contribution is 5.94. The van der Waals surface area contributed by atoms with Gasteiger partial charge in [-0.05, 0) is 56.2 Å². The highest BCUT2D eigenvalue weighted by Gasteiger charge is 2.24. The van der Waals surface area contributed by atoms with Crippen molar-refractivity contribution in [2.24, 2.45) is 0 Å². The van der Waals surface area contributed by atoms with E-state index in [4.69, 9.17) is 0 Å². The van der Waals surface area contributed by atoms with Crippen LogP contribution < -0.4 is 4.90 Å². The fourth-order valence-electron chi connectivity index (χ4n) is 3.60. The highest BCUT2D eigenvalue weighted by Crippen LogP contribution is 2.21. The normalized spacial score (nSPS) is 13.9. The lowest BCUT2D eigenvalue weighted by Crippen LogP contribution is -2.49. The van der Waals surface area contributed by atoms with Gasteiger partial charge >= 0.3 is 0 Å². The van der Waals surface area contributed by atoms with Gasteiger partial charge in [-0.3, -0.25) is 9.36 Å². The van der Waals surface area contributed by atoms with Crippen LogP contribution >= 0.6 is 12.4 Å². The molecule has 0 N–H and O–H groups in total. The second-order valence-electron chi connectivity index (χ2n) is 7.51. The van der Waals surface area contributed by atoms with E-state index in [9.17, 15) is 4.79 Å². The predicted molar refractivity (Wildman–Crippen MR) is 120 cm³/mol. The number of aromatic nitrogens is 2. The molecule has 1 aliphatic rings. The molecule has 6 heteroatoms. The number of hydrogen-bond donors (Lipinski definition) is 0. The number of amides is 1. The van der Waals surface area contributed by atoms with Crippen molar-refractivity contribution in [1.82, 2.24) is 14.5 Å². The maximum atomic E-state index is 12.9. The monoisotopic (exact) mass is 410 g/mol. The van der Waals surface area contributed by atoms with Gasteiger partial charge in [-0.2, -0.15) is 0 Å². The molecule has 4 rings (SSSR count). The standard InChI is InChI=1S/C23H26N4O.ClH/c1-17-4-8-21(9-5-17)27-11-10-24-23(27)26-14-12-25(13-15-26)22(28)20-7-6-18(2)19(3)16-20;/h4-11,16H,12-15H2,1-3H3;1H. The summed E-state index contributed by atoms with van der Waals surface area (Å²) >= 11 is 0. The summed E-state index contributed by atoms with van der Waals surface area (Å²) < 4.78 is 2.11. The average molecular weight is 411 g/mol. The maximum absolute atomic E-state index is 12.9. The van der Waals surface area contributed by atoms with Gasteiger partial charge in [-0.25, -0.2) is 4.98 Å². The molecule has 3 aromatic rings. The number of rotatable bonds is 3. The van der Waals surface area contributed by atoms with Crippen molar-refractivity contribution in [3.8, 4) is 5.69 Å². The van der Waals surface area contributed by atoms with Crippen LogP contribution in [0.5, 0.6) is 0 Å². The summed E-state index contributed by atoms with van der Waals surface area (Å²) in [7, 11) is 0. The maximum Gasteiger partial charge on any atom is 0.253 e. The largest absolute Gasteiger partial charge is 0.338 e. The van der Waals surface area contributed by atoms with E-state index in [-0.39, 0.29) is 18.3 Å². The molecular formula is C23H27ClN4O. The first-order valence-electron chi connectivity index (χ1n) is 9.75. The van der Waals surface area contributed by atoms with Crippen molar-refractivity contribution in [2.45, 2.75) is 20.8 Å². The summed E-state index contributed by atoms with van der Waals surface area (Å²) in [4.78, 5) is 21.6. The molecule has 2 aromatic carbocycles. The van der Waals surface area contributed by atoms with Gasteiger partial charge in [0.25, 0.3) is 5.91 Å². The number of halogens is 1. The van der Waals surface area contributed by atoms with Crippen LogP contribution in [0, 0.1) is 20.8 Å². The summed E-state index contributed by atoms with van der Waals surface area (Å²) in [6.45, 7) is 9.16. The molecule has 1 aliphatic heterocycles. The van der Waals surface area contributed by atoms with Gasteiger partial charge in [0.2, 0.25) is 5.95 Å². The van der Waals surface area contributed by atoms with E-state index in [1.807, 2.05) is 35.5 Å². The first-order chi connectivity index (χ1) is 13.5. The number of carbonyl (C=O) groups is 1. The number of imidazole rings is 1. The topological polar surface area (TPSA) is 41.4 Å². The summed E-state index contributed by atoms with van der Waals surface area (Å²) in [5.74, 6) is 1.05. The fourth-order valence-corrected chi connectivity index (χ4v) is 3.60. The van der Waals surface area contributed by atoms with Crippen molar-refractivity contribution in [1.29, 1.82) is 0 Å². The molecule has 0 aliphatic carbocycles. The Morgan fingerprint density at radius 3 is 2.24 bits per heavy atom. The van der Waals surface area contributed by atoms with Crippen LogP contribution in [0.25, 0.3) is 5.69 Å². The molecule has 0 bridgehead atoms. The van der Waals surface area contributed by atoms with Crippen molar-refractivity contribution in [2.75, 3.05) is 31.1 Å². The minimum absolute atomic E-state index is 0. The molecule has 29 heavy (non-hydrogen) atoms. The number of piperazine rings is 1. The summed E-state index contributed by atoms with van der Waals surface area (Å²) in [6, 6.07) is 14.4. The van der Waals surface area contributed by atoms with Gasteiger partial charge in [-0.1, -0.05) is 23.8 Å². The Morgan fingerprint density at radius 1 is 0.897 bits per heavy atom. The lowest BCUT2D eigenvalue weighted by molar-refractivity contribution is 0.0746. The number of aryl methyl sites for hydroxylation is 3. The molecule has 1 fully saturated rings.